The Balaban J connectivity index is 1.48. The van der Waals surface area contributed by atoms with Crippen molar-refractivity contribution in [3.05, 3.63) is 82.2 Å². The third-order valence-corrected chi connectivity index (χ3v) is 14.0. The Labute approximate surface area is 352 Å². The van der Waals surface area contributed by atoms with Crippen LogP contribution in [0.25, 0.3) is 0 Å². The van der Waals surface area contributed by atoms with Crippen LogP contribution in [0.15, 0.2) is 60.0 Å². The quantitative estimate of drug-likeness (QED) is 0.132. The predicted molar refractivity (Wildman–Crippen MR) is 214 cm³/mol. The number of benzene rings is 2. The Morgan fingerprint density at radius 1 is 1.07 bits per heavy atom. The number of nitrogens with one attached hydrogen (secondary N) is 3. The molecular weight excluding hydrogens is 846 g/mol. The fourth-order valence-corrected chi connectivity index (χ4v) is 9.57. The summed E-state index contributed by atoms with van der Waals surface area (Å²) in [4.78, 5) is 81.4. The number of halogens is 1. The van der Waals surface area contributed by atoms with Crippen molar-refractivity contribution in [2.75, 3.05) is 20.1 Å². The zero-order chi connectivity index (χ0) is 45.2. The van der Waals surface area contributed by atoms with E-state index in [2.05, 4.69) is 17.2 Å². The first-order valence-corrected chi connectivity index (χ1v) is 22.1. The van der Waals surface area contributed by atoms with Crippen LogP contribution in [-0.2, 0) is 57.0 Å². The molecule has 4 atom stereocenters. The Morgan fingerprint density at radius 3 is 2.33 bits per heavy atom. The van der Waals surface area contributed by atoms with Gasteiger partial charge in [-0.05, 0) is 57.7 Å². The maximum Gasteiger partial charge on any atom is 0.410 e. The molecule has 0 spiro atoms. The molecule has 332 valence electrons. The van der Waals surface area contributed by atoms with Crippen LogP contribution in [0.1, 0.15) is 64.5 Å². The van der Waals surface area contributed by atoms with Gasteiger partial charge in [0.05, 0.1) is 23.3 Å². The summed E-state index contributed by atoms with van der Waals surface area (Å²) in [5, 5.41) is 15.8. The molecule has 2 aliphatic heterocycles. The Hall–Kier alpha value is -5.68. The van der Waals surface area contributed by atoms with E-state index >= 15 is 0 Å². The van der Waals surface area contributed by atoms with Crippen LogP contribution in [0.3, 0.4) is 0 Å². The van der Waals surface area contributed by atoms with E-state index in [1.165, 1.54) is 56.9 Å². The van der Waals surface area contributed by atoms with Gasteiger partial charge in [0.25, 0.3) is 11.6 Å². The summed E-state index contributed by atoms with van der Waals surface area (Å²) in [6.45, 7) is 8.13. The number of fused-ring (bicyclic) bond motifs is 1. The maximum atomic E-state index is 14.7. The first kappa shape index (κ1) is 46.4. The molecule has 2 aromatic carbocycles. The third kappa shape index (κ3) is 10.4. The van der Waals surface area contributed by atoms with Crippen LogP contribution in [0.4, 0.5) is 19.7 Å². The number of rotatable bonds is 15. The number of alkyl carbamates (subject to hydrolysis) is 1. The van der Waals surface area contributed by atoms with Crippen LogP contribution in [0, 0.1) is 15.9 Å². The van der Waals surface area contributed by atoms with Gasteiger partial charge in [0, 0.05) is 38.2 Å². The highest BCUT2D eigenvalue weighted by molar-refractivity contribution is 7.91. The topological polar surface area (TPSA) is 261 Å². The van der Waals surface area contributed by atoms with Gasteiger partial charge in [-0.1, -0.05) is 37.3 Å². The van der Waals surface area contributed by atoms with Crippen molar-refractivity contribution in [2.24, 2.45) is 0 Å². The molecule has 5 amide bonds. The van der Waals surface area contributed by atoms with Crippen LogP contribution in [0.5, 0.6) is 0 Å². The van der Waals surface area contributed by atoms with Crippen molar-refractivity contribution in [2.45, 2.75) is 106 Å². The molecule has 0 unspecified atom stereocenters. The fraction of sp³-hybridized carbons (Fsp3) is 0.500. The highest BCUT2D eigenvalue weighted by atomic mass is 32.2. The third-order valence-electron chi connectivity index (χ3n) is 10.3. The molecule has 1 saturated heterocycles. The molecule has 23 heteroatoms. The monoisotopic (exact) mass is 893 g/mol. The molecule has 5 rings (SSSR count). The summed E-state index contributed by atoms with van der Waals surface area (Å²) < 4.78 is 81.2. The van der Waals surface area contributed by atoms with Crippen molar-refractivity contribution >= 4 is 55.6 Å². The number of carbonyl (C=O) groups excluding carboxylic acids is 5. The lowest BCUT2D eigenvalue weighted by molar-refractivity contribution is -0.387. The SMILES string of the molecule is C=C[C@@](CC)(NC(=O)[C@@H]1C[C@@H](OC(=O)N2Cc3cccc(F)c3C2)CN1C(=O)[C@H](CN(C)S(=O)(=O)c1ccccc1[N+](=O)[O-])NC(=O)OC(C)(C)C)C(=O)NS(=O)(=O)C1CC1. The number of ether oxygens (including phenoxy) is 2. The van der Waals surface area contributed by atoms with E-state index in [1.54, 1.807) is 6.07 Å². The molecule has 2 heterocycles. The second-order valence-corrected chi connectivity index (χ2v) is 19.9. The van der Waals surface area contributed by atoms with E-state index in [9.17, 15) is 55.3 Å². The molecule has 20 nitrogen and oxygen atoms in total. The van der Waals surface area contributed by atoms with Gasteiger partial charge in [-0.15, -0.1) is 6.58 Å². The molecule has 1 aliphatic carbocycles. The number of likely N-dealkylation sites (N-methyl/N-ethyl adjacent to an activating group) is 1. The highest BCUT2D eigenvalue weighted by Crippen LogP contribution is 2.31. The lowest BCUT2D eigenvalue weighted by atomic mass is 9.94. The minimum absolute atomic E-state index is 0.00922. The minimum atomic E-state index is -4.74. The number of hydrogen-bond acceptors (Lipinski definition) is 13. The van der Waals surface area contributed by atoms with Crippen LogP contribution >= 0.6 is 0 Å². The Kier molecular flexibility index (Phi) is 13.5. The highest BCUT2D eigenvalue weighted by Gasteiger charge is 2.49. The number of nitrogens with zero attached hydrogens (tertiary/aromatic N) is 4. The summed E-state index contributed by atoms with van der Waals surface area (Å²) >= 11 is 0. The molecule has 0 aromatic heterocycles. The standard InChI is InChI=1S/C38H48FN7O13S2/c1-7-38(8-2,34(49)42-60(54,55)25-16-17-25)41-32(47)30-18-24(58-36(51)44-19-23-12-11-13-27(39)26(23)21-44)20-45(30)33(48)28(40-35(50)59-37(3,4)5)22-43(6)61(56,57)31-15-10-9-14-29(31)46(52)53/h7,9-15,24-25,28,30H,1,8,16-22H2,2-6H3,(H,40,50)(H,41,47)(H,42,49)/t24-,28+,30+,38+/m1/s1. The maximum absolute atomic E-state index is 14.7. The lowest BCUT2D eigenvalue weighted by Crippen LogP contribution is -2.62. The van der Waals surface area contributed by atoms with Gasteiger partial charge < -0.3 is 25.0 Å². The average Bonchev–Trinajstić information content (AvgIpc) is 3.83. The molecule has 61 heavy (non-hydrogen) atoms. The van der Waals surface area contributed by atoms with Gasteiger partial charge in [0.1, 0.15) is 35.1 Å². The molecule has 3 N–H and O–H groups in total. The van der Waals surface area contributed by atoms with E-state index in [4.69, 9.17) is 9.47 Å². The van der Waals surface area contributed by atoms with E-state index in [0.717, 1.165) is 30.2 Å². The number of nitro benzene ring substituents is 1. The van der Waals surface area contributed by atoms with E-state index < -0.39 is 125 Å². The van der Waals surface area contributed by atoms with Gasteiger partial charge in [-0.25, -0.2) is 30.8 Å². The fourth-order valence-electron chi connectivity index (χ4n) is 6.87. The first-order valence-electron chi connectivity index (χ1n) is 19.2. The summed E-state index contributed by atoms with van der Waals surface area (Å²) in [6, 6.07) is 5.35. The Bertz CT molecular complexity index is 2340. The van der Waals surface area contributed by atoms with E-state index in [-0.39, 0.29) is 25.1 Å². The van der Waals surface area contributed by atoms with Crippen LogP contribution in [-0.4, -0.2) is 120 Å². The van der Waals surface area contributed by atoms with Gasteiger partial charge in [-0.3, -0.25) is 34.1 Å². The smallest absolute Gasteiger partial charge is 0.410 e. The predicted octanol–water partition coefficient (Wildman–Crippen LogP) is 2.43. The number of sulfonamides is 2. The molecule has 0 radical (unpaired) electrons. The van der Waals surface area contributed by atoms with Crippen molar-refractivity contribution in [1.82, 2.24) is 29.5 Å². The average molecular weight is 894 g/mol. The number of amides is 5. The van der Waals surface area contributed by atoms with Crippen LogP contribution < -0.4 is 15.4 Å². The molecule has 1 saturated carbocycles. The Morgan fingerprint density at radius 2 is 1.74 bits per heavy atom. The largest absolute Gasteiger partial charge is 0.444 e. The molecule has 2 fully saturated rings. The van der Waals surface area contributed by atoms with Crippen molar-refractivity contribution in [3.63, 3.8) is 0 Å². The molecule has 3 aliphatic rings. The number of carbonyl (C=O) groups is 5. The van der Waals surface area contributed by atoms with Crippen LogP contribution in [0.2, 0.25) is 0 Å². The van der Waals surface area contributed by atoms with E-state index in [0.29, 0.717) is 22.7 Å². The van der Waals surface area contributed by atoms with Crippen molar-refractivity contribution in [3.8, 4) is 0 Å². The zero-order valence-electron chi connectivity index (χ0n) is 34.1. The number of para-hydroxylation sites is 1. The summed E-state index contributed by atoms with van der Waals surface area (Å²) in [6.07, 6.45) is -2.30. The summed E-state index contributed by atoms with van der Waals surface area (Å²) in [5.74, 6) is -3.81. The van der Waals surface area contributed by atoms with Crippen molar-refractivity contribution in [1.29, 1.82) is 0 Å². The van der Waals surface area contributed by atoms with E-state index in [1.807, 2.05) is 4.72 Å². The van der Waals surface area contributed by atoms with Gasteiger partial charge in [-0.2, -0.15) is 4.31 Å². The molecular formula is C38H48FN7O13S2. The minimum Gasteiger partial charge on any atom is -0.444 e. The number of nitro groups is 1. The molecule has 0 bridgehead atoms. The van der Waals surface area contributed by atoms with Gasteiger partial charge in [0.15, 0.2) is 4.90 Å². The molecule has 2 aromatic rings. The second kappa shape index (κ2) is 17.7. The lowest BCUT2D eigenvalue weighted by Gasteiger charge is -2.34. The van der Waals surface area contributed by atoms with Crippen molar-refractivity contribution < 1.29 is 59.6 Å². The number of likely N-dealkylation sites (tertiary alicyclic amines) is 1. The summed E-state index contributed by atoms with van der Waals surface area (Å²) in [7, 11) is -7.84. The summed E-state index contributed by atoms with van der Waals surface area (Å²) in [5.41, 5.74) is -3.11. The van der Waals surface area contributed by atoms with Gasteiger partial charge >= 0.3 is 12.2 Å². The zero-order valence-corrected chi connectivity index (χ0v) is 35.7. The number of hydrogen-bond donors (Lipinski definition) is 3. The first-order chi connectivity index (χ1) is 28.4. The van der Waals surface area contributed by atoms with Gasteiger partial charge in [0.2, 0.25) is 31.9 Å². The normalized spacial score (nSPS) is 19.3. The second-order valence-electron chi connectivity index (χ2n) is 15.9.